The van der Waals surface area contributed by atoms with Crippen molar-refractivity contribution in [1.82, 2.24) is 9.13 Å². The Morgan fingerprint density at radius 3 is 1.28 bits per heavy atom. The van der Waals surface area contributed by atoms with Crippen molar-refractivity contribution < 1.29 is 0 Å². The highest BCUT2D eigenvalue weighted by atomic mass is 16.1. The summed E-state index contributed by atoms with van der Waals surface area (Å²) in [5.41, 5.74) is 5.75. The molecule has 0 saturated carbocycles. The molecule has 0 radical (unpaired) electrons. The first-order valence-corrected chi connectivity index (χ1v) is 11.6. The smallest absolute Gasteiger partial charge is 0.287 e. The molecule has 5 heteroatoms. The van der Waals surface area contributed by atoms with Gasteiger partial charge in [-0.3, -0.25) is 9.13 Å². The first-order valence-electron chi connectivity index (χ1n) is 11.6. The van der Waals surface area contributed by atoms with Gasteiger partial charge in [0.25, 0.3) is 0 Å². The minimum absolute atomic E-state index is 0.201. The molecule has 4 aromatic carbocycles. The molecule has 1 heterocycles. The van der Waals surface area contributed by atoms with Gasteiger partial charge in [-0.05, 0) is 23.3 Å². The van der Waals surface area contributed by atoms with Gasteiger partial charge in [-0.25, -0.2) is 4.79 Å². The van der Waals surface area contributed by atoms with E-state index in [2.05, 4.69) is 12.1 Å². The van der Waals surface area contributed by atoms with Gasteiger partial charge in [0.05, 0.1) is 47.7 Å². The van der Waals surface area contributed by atoms with Gasteiger partial charge < -0.3 is 0 Å². The number of hydrogen-bond acceptors (Lipinski definition) is 3. The van der Waals surface area contributed by atoms with Gasteiger partial charge in [0.15, 0.2) is 0 Å². The Hall–Kier alpha value is -5.13. The van der Waals surface area contributed by atoms with Crippen molar-refractivity contribution in [2.45, 2.75) is 13.1 Å². The van der Waals surface area contributed by atoms with Gasteiger partial charge in [0.2, 0.25) is 0 Å². The van der Waals surface area contributed by atoms with Crippen molar-refractivity contribution in [1.29, 1.82) is 10.5 Å². The van der Waals surface area contributed by atoms with E-state index in [9.17, 15) is 15.3 Å². The normalized spacial score (nSPS) is 10.5. The molecule has 0 N–H and O–H groups in total. The average molecular weight is 467 g/mol. The summed E-state index contributed by atoms with van der Waals surface area (Å²) < 4.78 is 3.48. The summed E-state index contributed by atoms with van der Waals surface area (Å²) in [5.74, 6) is 0. The number of nitrogens with zero attached hydrogens (tertiary/aromatic N) is 4. The summed E-state index contributed by atoms with van der Waals surface area (Å²) in [6.45, 7) is 0.499. The molecular formula is C31H22N4O. The van der Waals surface area contributed by atoms with Crippen molar-refractivity contribution in [3.05, 3.63) is 142 Å². The summed E-state index contributed by atoms with van der Waals surface area (Å²) in [7, 11) is 0. The van der Waals surface area contributed by atoms with Crippen molar-refractivity contribution in [3.8, 4) is 34.7 Å². The fourth-order valence-corrected chi connectivity index (χ4v) is 4.54. The van der Waals surface area contributed by atoms with Crippen LogP contribution in [0.3, 0.4) is 0 Å². The topological polar surface area (TPSA) is 74.5 Å². The Kier molecular flexibility index (Phi) is 6.30. The minimum atomic E-state index is -0.201. The predicted molar refractivity (Wildman–Crippen MR) is 140 cm³/mol. The molecule has 0 fully saturated rings. The van der Waals surface area contributed by atoms with Crippen LogP contribution in [0.25, 0.3) is 22.5 Å². The van der Waals surface area contributed by atoms with Crippen molar-refractivity contribution in [2.75, 3.05) is 0 Å². The van der Waals surface area contributed by atoms with E-state index >= 15 is 0 Å². The van der Waals surface area contributed by atoms with Gasteiger partial charge in [0.1, 0.15) is 0 Å². The van der Waals surface area contributed by atoms with Crippen molar-refractivity contribution in [3.63, 3.8) is 0 Å². The number of imidazole rings is 1. The summed E-state index contributed by atoms with van der Waals surface area (Å²) in [5, 5.41) is 19.3. The largest absolute Gasteiger partial charge is 0.329 e. The fraction of sp³-hybridized carbons (Fsp3) is 0.0645. The van der Waals surface area contributed by atoms with E-state index in [0.717, 1.165) is 33.6 Å². The SMILES string of the molecule is N#Cc1ccccc1Cn1c(-c2ccccc2)c(-c2ccccc2)n(Cc2ccccc2C#N)c1=O. The quantitative estimate of drug-likeness (QED) is 0.316. The van der Waals surface area contributed by atoms with E-state index in [0.29, 0.717) is 11.1 Å². The lowest BCUT2D eigenvalue weighted by Gasteiger charge is -2.13. The third-order valence-corrected chi connectivity index (χ3v) is 6.25. The Balaban J connectivity index is 1.82. The molecule has 0 aliphatic heterocycles. The molecule has 0 unspecified atom stereocenters. The van der Waals surface area contributed by atoms with Gasteiger partial charge >= 0.3 is 5.69 Å². The molecule has 5 rings (SSSR count). The first-order chi connectivity index (χ1) is 17.7. The summed E-state index contributed by atoms with van der Waals surface area (Å²) >= 11 is 0. The molecule has 1 aromatic heterocycles. The highest BCUT2D eigenvalue weighted by Crippen LogP contribution is 2.33. The maximum Gasteiger partial charge on any atom is 0.329 e. The van der Waals surface area contributed by atoms with Gasteiger partial charge in [0, 0.05) is 11.1 Å². The number of aromatic nitrogens is 2. The van der Waals surface area contributed by atoms with Crippen LogP contribution in [0, 0.1) is 22.7 Å². The Labute approximate surface area is 209 Å². The molecule has 0 aliphatic rings. The van der Waals surface area contributed by atoms with Crippen LogP contribution in [0.1, 0.15) is 22.3 Å². The lowest BCUT2D eigenvalue weighted by molar-refractivity contribution is 0.688. The molecule has 36 heavy (non-hydrogen) atoms. The van der Waals surface area contributed by atoms with Crippen LogP contribution in [0.2, 0.25) is 0 Å². The van der Waals surface area contributed by atoms with Gasteiger partial charge in [-0.15, -0.1) is 0 Å². The molecule has 0 spiro atoms. The Morgan fingerprint density at radius 2 is 0.889 bits per heavy atom. The van der Waals surface area contributed by atoms with Gasteiger partial charge in [-0.1, -0.05) is 97.1 Å². The Morgan fingerprint density at radius 1 is 0.528 bits per heavy atom. The lowest BCUT2D eigenvalue weighted by atomic mass is 10.0. The molecule has 172 valence electrons. The minimum Gasteiger partial charge on any atom is -0.287 e. The maximum absolute atomic E-state index is 14.1. The van der Waals surface area contributed by atoms with Crippen LogP contribution >= 0.6 is 0 Å². The van der Waals surface area contributed by atoms with E-state index in [-0.39, 0.29) is 18.8 Å². The summed E-state index contributed by atoms with van der Waals surface area (Å²) in [4.78, 5) is 14.1. The lowest BCUT2D eigenvalue weighted by Crippen LogP contribution is -2.26. The zero-order valence-corrected chi connectivity index (χ0v) is 19.5. The third kappa shape index (κ3) is 4.22. The highest BCUT2D eigenvalue weighted by Gasteiger charge is 2.24. The molecule has 0 atom stereocenters. The van der Waals surface area contributed by atoms with Crippen molar-refractivity contribution in [2.24, 2.45) is 0 Å². The fourth-order valence-electron chi connectivity index (χ4n) is 4.54. The predicted octanol–water partition coefficient (Wildman–Crippen LogP) is 5.82. The van der Waals surface area contributed by atoms with E-state index in [1.54, 1.807) is 21.3 Å². The molecule has 0 amide bonds. The molecule has 5 aromatic rings. The standard InChI is InChI=1S/C31H22N4O/c32-19-25-15-7-9-17-27(25)21-34-29(23-11-3-1-4-12-23)30(24-13-5-2-6-14-24)35(31(34)36)22-28-18-10-8-16-26(28)20-33/h1-18H,21-22H2. The molecular weight excluding hydrogens is 444 g/mol. The maximum atomic E-state index is 14.1. The third-order valence-electron chi connectivity index (χ3n) is 6.25. The number of nitriles is 2. The second-order valence-corrected chi connectivity index (χ2v) is 8.42. The molecule has 0 bridgehead atoms. The molecule has 0 saturated heterocycles. The first kappa shape index (κ1) is 22.7. The van der Waals surface area contributed by atoms with E-state index in [1.165, 1.54) is 0 Å². The van der Waals surface area contributed by atoms with Crippen LogP contribution in [-0.4, -0.2) is 9.13 Å². The van der Waals surface area contributed by atoms with Crippen molar-refractivity contribution >= 4 is 0 Å². The second-order valence-electron chi connectivity index (χ2n) is 8.42. The zero-order chi connectivity index (χ0) is 24.9. The zero-order valence-electron chi connectivity index (χ0n) is 19.5. The van der Waals surface area contributed by atoms with E-state index in [4.69, 9.17) is 0 Å². The van der Waals surface area contributed by atoms with E-state index < -0.39 is 0 Å². The van der Waals surface area contributed by atoms with Crippen LogP contribution in [-0.2, 0) is 13.1 Å². The number of rotatable bonds is 6. The Bertz CT molecular complexity index is 1540. The molecule has 5 nitrogen and oxygen atoms in total. The van der Waals surface area contributed by atoms with E-state index in [1.807, 2.05) is 97.1 Å². The van der Waals surface area contributed by atoms with Crippen LogP contribution < -0.4 is 5.69 Å². The summed E-state index contributed by atoms with van der Waals surface area (Å²) in [6, 6.07) is 38.8. The number of hydrogen-bond donors (Lipinski definition) is 0. The van der Waals surface area contributed by atoms with Crippen LogP contribution in [0.5, 0.6) is 0 Å². The van der Waals surface area contributed by atoms with Crippen LogP contribution in [0.15, 0.2) is 114 Å². The summed E-state index contributed by atoms with van der Waals surface area (Å²) in [6.07, 6.45) is 0. The van der Waals surface area contributed by atoms with Gasteiger partial charge in [-0.2, -0.15) is 10.5 Å². The molecule has 0 aliphatic carbocycles. The monoisotopic (exact) mass is 466 g/mol. The number of benzene rings is 4. The second kappa shape index (κ2) is 10.0. The average Bonchev–Trinajstić information content (AvgIpc) is 3.21. The van der Waals surface area contributed by atoms with Crippen LogP contribution in [0.4, 0.5) is 0 Å². The highest BCUT2D eigenvalue weighted by molar-refractivity contribution is 5.79.